The van der Waals surface area contributed by atoms with Crippen molar-refractivity contribution in [2.75, 3.05) is 0 Å². The number of rotatable bonds is 8. The summed E-state index contributed by atoms with van der Waals surface area (Å²) in [5, 5.41) is 16.6. The van der Waals surface area contributed by atoms with E-state index in [0.717, 1.165) is 17.7 Å². The van der Waals surface area contributed by atoms with Gasteiger partial charge in [-0.25, -0.2) is 4.79 Å². The van der Waals surface area contributed by atoms with Crippen LogP contribution >= 0.6 is 11.3 Å². The van der Waals surface area contributed by atoms with Gasteiger partial charge in [0.1, 0.15) is 0 Å². The van der Waals surface area contributed by atoms with Crippen molar-refractivity contribution in [1.82, 2.24) is 10.6 Å². The number of carboxylic acid groups (broad SMARTS) is 1. The van der Waals surface area contributed by atoms with Gasteiger partial charge < -0.3 is 15.7 Å². The summed E-state index contributed by atoms with van der Waals surface area (Å²) in [6, 6.07) is 3.27. The van der Waals surface area contributed by atoms with Gasteiger partial charge in [-0.1, -0.05) is 33.3 Å². The lowest BCUT2D eigenvalue weighted by molar-refractivity contribution is -0.137. The zero-order chi connectivity index (χ0) is 15.8. The smallest absolute Gasteiger partial charge is 0.315 e. The summed E-state index contributed by atoms with van der Waals surface area (Å²) < 4.78 is 0. The average Bonchev–Trinajstić information content (AvgIpc) is 2.90. The van der Waals surface area contributed by atoms with Gasteiger partial charge in [0.05, 0.1) is 12.5 Å². The highest BCUT2D eigenvalue weighted by Gasteiger charge is 2.21. The molecule has 2 unspecified atom stereocenters. The first-order valence-corrected chi connectivity index (χ1v) is 8.14. The molecule has 0 saturated carbocycles. The molecule has 1 aromatic heterocycles. The van der Waals surface area contributed by atoms with Gasteiger partial charge in [0.2, 0.25) is 0 Å². The van der Waals surface area contributed by atoms with Gasteiger partial charge in [-0.15, -0.1) is 11.3 Å². The number of amides is 2. The maximum atomic E-state index is 12.1. The number of hydrogen-bond acceptors (Lipinski definition) is 3. The molecule has 0 aromatic carbocycles. The Labute approximate surface area is 129 Å². The third-order valence-corrected chi connectivity index (χ3v) is 4.27. The van der Waals surface area contributed by atoms with Crippen molar-refractivity contribution in [3.8, 4) is 0 Å². The maximum Gasteiger partial charge on any atom is 0.315 e. The molecule has 0 aliphatic rings. The summed E-state index contributed by atoms with van der Waals surface area (Å²) in [5.74, 6) is -0.837. The average molecular weight is 312 g/mol. The van der Waals surface area contributed by atoms with Crippen molar-refractivity contribution in [3.63, 3.8) is 0 Å². The molecule has 1 heterocycles. The number of aliphatic carboxylic acids is 1. The van der Waals surface area contributed by atoms with Gasteiger partial charge in [0, 0.05) is 10.9 Å². The van der Waals surface area contributed by atoms with E-state index in [2.05, 4.69) is 17.6 Å². The molecule has 2 atom stereocenters. The Balaban J connectivity index is 2.62. The van der Waals surface area contributed by atoms with Crippen molar-refractivity contribution in [1.29, 1.82) is 0 Å². The molecule has 0 bridgehead atoms. The molecular formula is C15H24N2O3S. The number of thiophene rings is 1. The quantitative estimate of drug-likeness (QED) is 0.688. The molecule has 3 N–H and O–H groups in total. The Bertz CT molecular complexity index is 446. The Morgan fingerprint density at radius 3 is 2.52 bits per heavy atom. The molecule has 0 spiro atoms. The summed E-state index contributed by atoms with van der Waals surface area (Å²) in [5.41, 5.74) is 0. The highest BCUT2D eigenvalue weighted by molar-refractivity contribution is 7.10. The molecule has 0 fully saturated rings. The number of hydrogen-bond donors (Lipinski definition) is 3. The minimum absolute atomic E-state index is 0.0207. The van der Waals surface area contributed by atoms with E-state index in [1.54, 1.807) is 11.3 Å². The second-order valence-corrected chi connectivity index (χ2v) is 6.40. The van der Waals surface area contributed by atoms with E-state index in [-0.39, 0.29) is 30.5 Å². The van der Waals surface area contributed by atoms with Crippen LogP contribution in [0, 0.1) is 5.92 Å². The van der Waals surface area contributed by atoms with Crippen LogP contribution in [-0.4, -0.2) is 23.1 Å². The standard InChI is InChI=1S/C15H24N2O3S/c1-4-6-11(13-7-5-8-21-13)16-15(20)17-12(10(2)3)9-14(18)19/h5,7-8,10-12H,4,6,9H2,1-3H3,(H,18,19)(H2,16,17,20). The van der Waals surface area contributed by atoms with Gasteiger partial charge >= 0.3 is 12.0 Å². The van der Waals surface area contributed by atoms with Crippen molar-refractivity contribution in [3.05, 3.63) is 22.4 Å². The van der Waals surface area contributed by atoms with Crippen LogP contribution in [0.1, 0.15) is 51.0 Å². The first-order chi connectivity index (χ1) is 9.93. The summed E-state index contributed by atoms with van der Waals surface area (Å²) in [7, 11) is 0. The van der Waals surface area contributed by atoms with Gasteiger partial charge in [-0.05, 0) is 23.8 Å². The number of carboxylic acids is 1. The molecule has 21 heavy (non-hydrogen) atoms. The van der Waals surface area contributed by atoms with Gasteiger partial charge in [0.25, 0.3) is 0 Å². The summed E-state index contributed by atoms with van der Waals surface area (Å²) in [6.45, 7) is 5.87. The predicted octanol–water partition coefficient (Wildman–Crippen LogP) is 3.39. The monoisotopic (exact) mass is 312 g/mol. The van der Waals surface area contributed by atoms with Crippen LogP contribution in [0.2, 0.25) is 0 Å². The van der Waals surface area contributed by atoms with Crippen molar-refractivity contribution in [2.24, 2.45) is 5.92 Å². The van der Waals surface area contributed by atoms with Crippen LogP contribution < -0.4 is 10.6 Å². The molecule has 118 valence electrons. The number of urea groups is 1. The van der Waals surface area contributed by atoms with Gasteiger partial charge in [-0.3, -0.25) is 4.79 Å². The lowest BCUT2D eigenvalue weighted by Crippen LogP contribution is -2.46. The molecule has 6 heteroatoms. The largest absolute Gasteiger partial charge is 0.481 e. The zero-order valence-corrected chi connectivity index (χ0v) is 13.6. The van der Waals surface area contributed by atoms with Crippen LogP contribution in [0.25, 0.3) is 0 Å². The van der Waals surface area contributed by atoms with Crippen molar-refractivity contribution < 1.29 is 14.7 Å². The Hall–Kier alpha value is -1.56. The summed E-state index contributed by atoms with van der Waals surface area (Å²) in [6.07, 6.45) is 1.76. The third kappa shape index (κ3) is 6.16. The molecule has 1 rings (SSSR count). The van der Waals surface area contributed by atoms with E-state index < -0.39 is 5.97 Å². The Kier molecular flexibility index (Phi) is 7.22. The van der Waals surface area contributed by atoms with Crippen LogP contribution in [0.15, 0.2) is 17.5 Å². The molecule has 0 aliphatic heterocycles. The molecule has 0 saturated heterocycles. The Morgan fingerprint density at radius 2 is 2.05 bits per heavy atom. The third-order valence-electron chi connectivity index (χ3n) is 3.29. The minimum atomic E-state index is -0.905. The number of carbonyl (C=O) groups excluding carboxylic acids is 1. The SMILES string of the molecule is CCCC(NC(=O)NC(CC(=O)O)C(C)C)c1cccs1. The second-order valence-electron chi connectivity index (χ2n) is 5.42. The van der Waals surface area contributed by atoms with Crippen LogP contribution in [0.4, 0.5) is 4.79 Å². The maximum absolute atomic E-state index is 12.1. The fourth-order valence-electron chi connectivity index (χ4n) is 2.07. The fraction of sp³-hybridized carbons (Fsp3) is 0.600. The summed E-state index contributed by atoms with van der Waals surface area (Å²) >= 11 is 1.61. The predicted molar refractivity (Wildman–Crippen MR) is 84.5 cm³/mol. The molecular weight excluding hydrogens is 288 g/mol. The van der Waals surface area contributed by atoms with E-state index >= 15 is 0 Å². The van der Waals surface area contributed by atoms with E-state index in [1.807, 2.05) is 31.4 Å². The van der Waals surface area contributed by atoms with E-state index in [0.29, 0.717) is 0 Å². The van der Waals surface area contributed by atoms with E-state index in [4.69, 9.17) is 5.11 Å². The van der Waals surface area contributed by atoms with Crippen molar-refractivity contribution in [2.45, 2.75) is 52.1 Å². The topological polar surface area (TPSA) is 78.4 Å². The molecule has 0 aliphatic carbocycles. The molecule has 0 radical (unpaired) electrons. The van der Waals surface area contributed by atoms with E-state index in [9.17, 15) is 9.59 Å². The summed E-state index contributed by atoms with van der Waals surface area (Å²) in [4.78, 5) is 24.1. The van der Waals surface area contributed by atoms with Crippen LogP contribution in [-0.2, 0) is 4.79 Å². The highest BCUT2D eigenvalue weighted by atomic mass is 32.1. The normalized spacial score (nSPS) is 13.7. The zero-order valence-electron chi connectivity index (χ0n) is 12.8. The van der Waals surface area contributed by atoms with Gasteiger partial charge in [-0.2, -0.15) is 0 Å². The lowest BCUT2D eigenvalue weighted by Gasteiger charge is -2.23. The first kappa shape index (κ1) is 17.5. The lowest BCUT2D eigenvalue weighted by atomic mass is 10.0. The number of nitrogens with one attached hydrogen (secondary N) is 2. The Morgan fingerprint density at radius 1 is 1.33 bits per heavy atom. The molecule has 2 amide bonds. The van der Waals surface area contributed by atoms with E-state index in [1.165, 1.54) is 0 Å². The van der Waals surface area contributed by atoms with Crippen LogP contribution in [0.3, 0.4) is 0 Å². The highest BCUT2D eigenvalue weighted by Crippen LogP contribution is 2.23. The van der Waals surface area contributed by atoms with Gasteiger partial charge in [0.15, 0.2) is 0 Å². The minimum Gasteiger partial charge on any atom is -0.481 e. The van der Waals surface area contributed by atoms with Crippen molar-refractivity contribution >= 4 is 23.3 Å². The second kappa shape index (κ2) is 8.67. The number of carbonyl (C=O) groups is 2. The fourth-order valence-corrected chi connectivity index (χ4v) is 2.89. The molecule has 5 nitrogen and oxygen atoms in total. The van der Waals surface area contributed by atoms with Crippen LogP contribution in [0.5, 0.6) is 0 Å². The molecule has 1 aromatic rings. The first-order valence-electron chi connectivity index (χ1n) is 7.26.